The van der Waals surface area contributed by atoms with Gasteiger partial charge in [0.15, 0.2) is 6.61 Å². The zero-order valence-corrected chi connectivity index (χ0v) is 16.8. The van der Waals surface area contributed by atoms with Crippen LogP contribution < -0.4 is 5.32 Å². The Bertz CT molecular complexity index is 984. The van der Waals surface area contributed by atoms with Crippen molar-refractivity contribution in [2.24, 2.45) is 0 Å². The molecule has 1 saturated heterocycles. The quantitative estimate of drug-likeness (QED) is 0.550. The van der Waals surface area contributed by atoms with Crippen molar-refractivity contribution < 1.29 is 23.9 Å². The molecule has 2 aromatic rings. The van der Waals surface area contributed by atoms with Crippen molar-refractivity contribution in [3.05, 3.63) is 53.2 Å². The van der Waals surface area contributed by atoms with Crippen molar-refractivity contribution in [1.82, 2.24) is 9.88 Å². The number of pyridine rings is 1. The van der Waals surface area contributed by atoms with Crippen molar-refractivity contribution in [2.45, 2.75) is 16.7 Å². The average molecular weight is 434 g/mol. The summed E-state index contributed by atoms with van der Waals surface area (Å²) >= 11 is 6.88. The molecule has 1 aromatic heterocycles. The van der Waals surface area contributed by atoms with Crippen LogP contribution in [0.3, 0.4) is 0 Å². The third-order valence-corrected chi connectivity index (χ3v) is 5.46. The number of carbonyl (C=O) groups is 4. The van der Waals surface area contributed by atoms with E-state index in [1.165, 1.54) is 19.3 Å². The van der Waals surface area contributed by atoms with E-state index in [-0.39, 0.29) is 28.8 Å². The normalized spacial score (nSPS) is 16.1. The molecule has 29 heavy (non-hydrogen) atoms. The summed E-state index contributed by atoms with van der Waals surface area (Å²) in [4.78, 5) is 53.4. The first-order valence-corrected chi connectivity index (χ1v) is 9.75. The molecular formula is C19H16ClN3O5S. The number of ether oxygens (including phenoxy) is 1. The first-order chi connectivity index (χ1) is 13.8. The SMILES string of the molecule is CN1C(=O)CC(Sc2ncccc2C(=O)OCC(=O)Nc2cccc(Cl)c2)C1=O. The Morgan fingerprint density at radius 2 is 2.10 bits per heavy atom. The van der Waals surface area contributed by atoms with Crippen molar-refractivity contribution in [1.29, 1.82) is 0 Å². The largest absolute Gasteiger partial charge is 0.452 e. The highest BCUT2D eigenvalue weighted by Gasteiger charge is 2.37. The van der Waals surface area contributed by atoms with Crippen LogP contribution in [0, 0.1) is 0 Å². The molecule has 1 aromatic carbocycles. The van der Waals surface area contributed by atoms with Gasteiger partial charge in [0.25, 0.3) is 5.91 Å². The number of imide groups is 1. The van der Waals surface area contributed by atoms with E-state index in [0.717, 1.165) is 16.7 Å². The molecule has 1 aliphatic heterocycles. The first-order valence-electron chi connectivity index (χ1n) is 8.50. The summed E-state index contributed by atoms with van der Waals surface area (Å²) in [7, 11) is 1.41. The smallest absolute Gasteiger partial charge is 0.341 e. The van der Waals surface area contributed by atoms with Crippen molar-refractivity contribution in [2.75, 3.05) is 19.0 Å². The predicted octanol–water partition coefficient (Wildman–Crippen LogP) is 2.38. The zero-order valence-electron chi connectivity index (χ0n) is 15.3. The molecule has 0 bridgehead atoms. The molecule has 0 radical (unpaired) electrons. The number of rotatable bonds is 6. The summed E-state index contributed by atoms with van der Waals surface area (Å²) < 4.78 is 5.07. The maximum Gasteiger partial charge on any atom is 0.341 e. The number of esters is 1. The fourth-order valence-electron chi connectivity index (χ4n) is 2.56. The maximum absolute atomic E-state index is 12.4. The second-order valence-corrected chi connectivity index (χ2v) is 7.72. The molecule has 3 rings (SSSR count). The Kier molecular flexibility index (Phi) is 6.50. The lowest BCUT2D eigenvalue weighted by Gasteiger charge is -2.11. The highest BCUT2D eigenvalue weighted by Crippen LogP contribution is 2.31. The van der Waals surface area contributed by atoms with Gasteiger partial charge in [-0.25, -0.2) is 9.78 Å². The van der Waals surface area contributed by atoms with E-state index in [1.54, 1.807) is 30.3 Å². The molecule has 1 fully saturated rings. The second kappa shape index (κ2) is 9.06. The molecule has 1 atom stereocenters. The molecule has 3 amide bonds. The number of amides is 3. The van der Waals surface area contributed by atoms with E-state index < -0.39 is 23.7 Å². The maximum atomic E-state index is 12.4. The predicted molar refractivity (Wildman–Crippen MR) is 107 cm³/mol. The molecule has 0 aliphatic carbocycles. The Labute approximate surface area is 175 Å². The molecule has 8 nitrogen and oxygen atoms in total. The third-order valence-electron chi connectivity index (χ3n) is 4.03. The van der Waals surface area contributed by atoms with Gasteiger partial charge >= 0.3 is 5.97 Å². The Hall–Kier alpha value is -2.91. The lowest BCUT2D eigenvalue weighted by Crippen LogP contribution is -2.26. The molecule has 1 N–H and O–H groups in total. The van der Waals surface area contributed by atoms with Crippen LogP contribution in [0.5, 0.6) is 0 Å². The second-order valence-electron chi connectivity index (χ2n) is 6.09. The van der Waals surface area contributed by atoms with Gasteiger partial charge in [-0.2, -0.15) is 0 Å². The van der Waals surface area contributed by atoms with Crippen molar-refractivity contribution in [3.63, 3.8) is 0 Å². The fourth-order valence-corrected chi connectivity index (χ4v) is 3.91. The standard InChI is InChI=1S/C19H16ClN3O5S/c1-23-16(25)9-14(18(23)26)29-17-13(6-3-7-21-17)19(27)28-10-15(24)22-12-5-2-4-11(20)8-12/h2-8,14H,9-10H2,1H3,(H,22,24). The van der Waals surface area contributed by atoms with Crippen LogP contribution in [0.1, 0.15) is 16.8 Å². The summed E-state index contributed by atoms with van der Waals surface area (Å²) in [5.74, 6) is -1.92. The monoisotopic (exact) mass is 433 g/mol. The number of benzene rings is 1. The number of halogens is 1. The van der Waals surface area contributed by atoms with Crippen LogP contribution >= 0.6 is 23.4 Å². The number of nitrogens with one attached hydrogen (secondary N) is 1. The molecule has 0 saturated carbocycles. The van der Waals surface area contributed by atoms with Crippen molar-refractivity contribution >= 4 is 52.7 Å². The number of aromatic nitrogens is 1. The van der Waals surface area contributed by atoms with Gasteiger partial charge in [-0.15, -0.1) is 0 Å². The minimum Gasteiger partial charge on any atom is -0.452 e. The van der Waals surface area contributed by atoms with Gasteiger partial charge in [0.1, 0.15) is 5.03 Å². The van der Waals surface area contributed by atoms with Gasteiger partial charge in [-0.1, -0.05) is 29.4 Å². The van der Waals surface area contributed by atoms with Gasteiger partial charge < -0.3 is 10.1 Å². The summed E-state index contributed by atoms with van der Waals surface area (Å²) in [6, 6.07) is 9.58. The molecule has 150 valence electrons. The van der Waals surface area contributed by atoms with E-state index in [1.807, 2.05) is 0 Å². The number of hydrogen-bond donors (Lipinski definition) is 1. The van der Waals surface area contributed by atoms with E-state index >= 15 is 0 Å². The minimum atomic E-state index is -0.757. The summed E-state index contributed by atoms with van der Waals surface area (Å²) in [5, 5.41) is 2.64. The summed E-state index contributed by atoms with van der Waals surface area (Å²) in [5.41, 5.74) is 0.590. The molecule has 0 spiro atoms. The van der Waals surface area contributed by atoms with Crippen molar-refractivity contribution in [3.8, 4) is 0 Å². The molecule has 1 aliphatic rings. The van der Waals surface area contributed by atoms with Crippen LogP contribution in [0.15, 0.2) is 47.6 Å². The Morgan fingerprint density at radius 1 is 1.31 bits per heavy atom. The minimum absolute atomic E-state index is 0.0348. The number of thioether (sulfide) groups is 1. The number of likely N-dealkylation sites (tertiary alicyclic amines) is 1. The number of nitrogens with zero attached hydrogens (tertiary/aromatic N) is 2. The number of carbonyl (C=O) groups excluding carboxylic acids is 4. The van der Waals surface area contributed by atoms with Gasteiger partial charge in [0, 0.05) is 30.4 Å². The highest BCUT2D eigenvalue weighted by atomic mass is 35.5. The topological polar surface area (TPSA) is 106 Å². The van der Waals surface area contributed by atoms with E-state index in [9.17, 15) is 19.2 Å². The lowest BCUT2D eigenvalue weighted by atomic mass is 10.3. The Balaban J connectivity index is 1.62. The molecule has 1 unspecified atom stereocenters. The van der Waals surface area contributed by atoms with Crippen LogP contribution in [-0.4, -0.2) is 52.5 Å². The Morgan fingerprint density at radius 3 is 2.79 bits per heavy atom. The molecule has 2 heterocycles. The van der Waals surface area contributed by atoms with E-state index in [4.69, 9.17) is 16.3 Å². The van der Waals surface area contributed by atoms with Crippen LogP contribution in [0.4, 0.5) is 5.69 Å². The molecular weight excluding hydrogens is 418 g/mol. The lowest BCUT2D eigenvalue weighted by molar-refractivity contribution is -0.136. The molecule has 10 heteroatoms. The van der Waals surface area contributed by atoms with Crippen LogP contribution in [0.25, 0.3) is 0 Å². The van der Waals surface area contributed by atoms with Gasteiger partial charge in [-0.3, -0.25) is 19.3 Å². The van der Waals surface area contributed by atoms with Crippen LogP contribution in [-0.2, 0) is 19.1 Å². The highest BCUT2D eigenvalue weighted by molar-refractivity contribution is 8.00. The number of anilines is 1. The fraction of sp³-hybridized carbons (Fsp3) is 0.211. The number of hydrogen-bond acceptors (Lipinski definition) is 7. The van der Waals surface area contributed by atoms with E-state index in [0.29, 0.717) is 10.7 Å². The summed E-state index contributed by atoms with van der Waals surface area (Å²) in [6.45, 7) is -0.506. The van der Waals surface area contributed by atoms with Gasteiger partial charge in [0.2, 0.25) is 11.8 Å². The zero-order chi connectivity index (χ0) is 21.0. The van der Waals surface area contributed by atoms with Crippen LogP contribution in [0.2, 0.25) is 5.02 Å². The first kappa shape index (κ1) is 20.8. The van der Waals surface area contributed by atoms with E-state index in [2.05, 4.69) is 10.3 Å². The van der Waals surface area contributed by atoms with Gasteiger partial charge in [-0.05, 0) is 30.3 Å². The average Bonchev–Trinajstić information content (AvgIpc) is 2.93. The summed E-state index contributed by atoms with van der Waals surface area (Å²) in [6.07, 6.45) is 1.50. The third kappa shape index (κ3) is 5.12. The van der Waals surface area contributed by atoms with Gasteiger partial charge in [0.05, 0.1) is 10.8 Å².